The summed E-state index contributed by atoms with van der Waals surface area (Å²) in [6.45, 7) is 4.26. The van der Waals surface area contributed by atoms with Crippen molar-refractivity contribution in [1.82, 2.24) is 9.88 Å². The third-order valence-electron chi connectivity index (χ3n) is 5.29. The largest absolute Gasteiger partial charge is 0.488 e. The fourth-order valence-electron chi connectivity index (χ4n) is 3.88. The van der Waals surface area contributed by atoms with Crippen LogP contribution in [-0.4, -0.2) is 42.5 Å². The summed E-state index contributed by atoms with van der Waals surface area (Å²) in [6.07, 6.45) is -0.827. The van der Waals surface area contributed by atoms with E-state index in [4.69, 9.17) is 15.2 Å². The van der Waals surface area contributed by atoms with Gasteiger partial charge in [-0.3, -0.25) is 4.79 Å². The molecule has 3 rings (SSSR count). The Morgan fingerprint density at radius 3 is 2.50 bits per heavy atom. The smallest absolute Gasteiger partial charge is 0.422 e. The predicted octanol–water partition coefficient (Wildman–Crippen LogP) is 4.69. The van der Waals surface area contributed by atoms with Crippen LogP contribution in [0.2, 0.25) is 0 Å². The first-order chi connectivity index (χ1) is 16.2. The highest BCUT2D eigenvalue weighted by Gasteiger charge is 2.29. The minimum atomic E-state index is -4.42. The van der Waals surface area contributed by atoms with Gasteiger partial charge in [-0.25, -0.2) is 0 Å². The van der Waals surface area contributed by atoms with Crippen LogP contribution in [0.3, 0.4) is 0 Å². The number of nitrogens with one attached hydrogen (secondary N) is 1. The van der Waals surface area contributed by atoms with Gasteiger partial charge in [0.1, 0.15) is 6.61 Å². The SMILES string of the molecule is CCCn1ccc2cc(CC(C)NCCOc3ccccc3OCC(F)(F)F)cc(C(N)=O)c21. The molecule has 0 aliphatic carbocycles. The molecule has 6 nitrogen and oxygen atoms in total. The van der Waals surface area contributed by atoms with Crippen LogP contribution < -0.4 is 20.5 Å². The van der Waals surface area contributed by atoms with Crippen LogP contribution in [0.1, 0.15) is 36.2 Å². The van der Waals surface area contributed by atoms with Gasteiger partial charge in [0.25, 0.3) is 5.91 Å². The van der Waals surface area contributed by atoms with E-state index >= 15 is 0 Å². The van der Waals surface area contributed by atoms with Crippen LogP contribution in [0, 0.1) is 0 Å². The van der Waals surface area contributed by atoms with E-state index in [0.717, 1.165) is 29.4 Å². The van der Waals surface area contributed by atoms with Gasteiger partial charge in [-0.1, -0.05) is 19.1 Å². The molecule has 0 aliphatic rings. The van der Waals surface area contributed by atoms with Crippen molar-refractivity contribution in [2.24, 2.45) is 5.73 Å². The Morgan fingerprint density at radius 2 is 1.85 bits per heavy atom. The fourth-order valence-corrected chi connectivity index (χ4v) is 3.88. The Labute approximate surface area is 196 Å². The van der Waals surface area contributed by atoms with E-state index in [2.05, 4.69) is 22.9 Å². The summed E-state index contributed by atoms with van der Waals surface area (Å²) in [6, 6.07) is 12.2. The Bertz CT molecular complexity index is 1110. The number of ether oxygens (including phenoxy) is 2. The van der Waals surface area contributed by atoms with Crippen LogP contribution in [0.5, 0.6) is 11.5 Å². The number of fused-ring (bicyclic) bond motifs is 1. The molecule has 34 heavy (non-hydrogen) atoms. The maximum Gasteiger partial charge on any atom is 0.422 e. The number of nitrogens with two attached hydrogens (primary N) is 1. The van der Waals surface area contributed by atoms with E-state index in [1.807, 2.05) is 25.3 Å². The number of carbonyl (C=O) groups excluding carboxylic acids is 1. The lowest BCUT2D eigenvalue weighted by Crippen LogP contribution is -2.32. The average Bonchev–Trinajstić information content (AvgIpc) is 3.17. The van der Waals surface area contributed by atoms with E-state index in [1.54, 1.807) is 18.2 Å². The van der Waals surface area contributed by atoms with Crippen molar-refractivity contribution in [3.63, 3.8) is 0 Å². The number of rotatable bonds is 12. The Hall–Kier alpha value is -3.20. The fraction of sp³-hybridized carbons (Fsp3) is 0.400. The normalized spacial score (nSPS) is 12.6. The van der Waals surface area contributed by atoms with Gasteiger partial charge in [0.2, 0.25) is 0 Å². The molecule has 0 aliphatic heterocycles. The highest BCUT2D eigenvalue weighted by molar-refractivity contribution is 6.05. The number of benzene rings is 2. The summed E-state index contributed by atoms with van der Waals surface area (Å²) >= 11 is 0. The lowest BCUT2D eigenvalue weighted by atomic mass is 10.0. The highest BCUT2D eigenvalue weighted by Crippen LogP contribution is 2.28. The maximum atomic E-state index is 12.4. The van der Waals surface area contributed by atoms with Crippen molar-refractivity contribution in [2.45, 2.75) is 45.5 Å². The van der Waals surface area contributed by atoms with E-state index in [0.29, 0.717) is 18.5 Å². The third kappa shape index (κ3) is 6.90. The summed E-state index contributed by atoms with van der Waals surface area (Å²) in [5.74, 6) is -0.146. The molecule has 1 heterocycles. The Balaban J connectivity index is 1.56. The predicted molar refractivity (Wildman–Crippen MR) is 125 cm³/mol. The highest BCUT2D eigenvalue weighted by atomic mass is 19.4. The second-order valence-electron chi connectivity index (χ2n) is 8.21. The number of aromatic nitrogens is 1. The molecule has 184 valence electrons. The van der Waals surface area contributed by atoms with Crippen molar-refractivity contribution < 1.29 is 27.4 Å². The lowest BCUT2D eigenvalue weighted by molar-refractivity contribution is -0.153. The van der Waals surface area contributed by atoms with Gasteiger partial charge in [-0.05, 0) is 55.7 Å². The van der Waals surface area contributed by atoms with Gasteiger partial charge in [0, 0.05) is 30.7 Å². The van der Waals surface area contributed by atoms with Gasteiger partial charge >= 0.3 is 6.18 Å². The number of primary amides is 1. The molecule has 1 atom stereocenters. The second kappa shape index (κ2) is 11.3. The monoisotopic (exact) mass is 477 g/mol. The average molecular weight is 478 g/mol. The summed E-state index contributed by atoms with van der Waals surface area (Å²) in [5, 5.41) is 4.31. The topological polar surface area (TPSA) is 78.5 Å². The van der Waals surface area contributed by atoms with Gasteiger partial charge in [-0.15, -0.1) is 0 Å². The van der Waals surface area contributed by atoms with Crippen LogP contribution >= 0.6 is 0 Å². The molecule has 1 unspecified atom stereocenters. The number of halogens is 3. The zero-order valence-electron chi connectivity index (χ0n) is 19.3. The molecule has 0 bridgehead atoms. The summed E-state index contributed by atoms with van der Waals surface area (Å²) in [4.78, 5) is 12.1. The maximum absolute atomic E-state index is 12.4. The van der Waals surface area contributed by atoms with Crippen molar-refractivity contribution in [1.29, 1.82) is 0 Å². The first-order valence-electron chi connectivity index (χ1n) is 11.2. The summed E-state index contributed by atoms with van der Waals surface area (Å²) in [7, 11) is 0. The molecule has 3 N–H and O–H groups in total. The minimum Gasteiger partial charge on any atom is -0.488 e. The molecule has 0 spiro atoms. The molecule has 3 aromatic rings. The number of hydrogen-bond donors (Lipinski definition) is 2. The number of nitrogens with zero attached hydrogens (tertiary/aromatic N) is 1. The first kappa shape index (κ1) is 25.4. The van der Waals surface area contributed by atoms with Crippen LogP contribution in [0.25, 0.3) is 10.9 Å². The molecular weight excluding hydrogens is 447 g/mol. The molecule has 2 aromatic carbocycles. The van der Waals surface area contributed by atoms with Crippen molar-refractivity contribution in [3.05, 3.63) is 59.8 Å². The molecule has 9 heteroatoms. The lowest BCUT2D eigenvalue weighted by Gasteiger charge is -2.17. The number of amides is 1. The summed E-state index contributed by atoms with van der Waals surface area (Å²) < 4.78 is 49.8. The number of aryl methyl sites for hydroxylation is 1. The number of hydrogen-bond acceptors (Lipinski definition) is 4. The number of para-hydroxylation sites is 2. The second-order valence-corrected chi connectivity index (χ2v) is 8.21. The van der Waals surface area contributed by atoms with E-state index in [-0.39, 0.29) is 24.1 Å². The van der Waals surface area contributed by atoms with E-state index in [9.17, 15) is 18.0 Å². The summed E-state index contributed by atoms with van der Waals surface area (Å²) in [5.41, 5.74) is 8.02. The standard InChI is InChI=1S/C25H30F3N3O3/c1-3-10-31-11-8-19-14-18(15-20(23(19)31)24(29)32)13-17(2)30-9-12-33-21-6-4-5-7-22(21)34-16-25(26,27)28/h4-8,11,14-15,17,30H,3,9-10,12-13,16H2,1-2H3,(H2,29,32). The van der Waals surface area contributed by atoms with Crippen LogP contribution in [0.15, 0.2) is 48.7 Å². The van der Waals surface area contributed by atoms with Crippen molar-refractivity contribution in [2.75, 3.05) is 19.8 Å². The third-order valence-corrected chi connectivity index (χ3v) is 5.29. The molecular formula is C25H30F3N3O3. The molecule has 0 saturated heterocycles. The molecule has 0 saturated carbocycles. The van der Waals surface area contributed by atoms with Crippen molar-refractivity contribution in [3.8, 4) is 11.5 Å². The Kier molecular flexibility index (Phi) is 8.44. The number of alkyl halides is 3. The molecule has 1 aromatic heterocycles. The van der Waals surface area contributed by atoms with Crippen LogP contribution in [-0.2, 0) is 13.0 Å². The van der Waals surface area contributed by atoms with Crippen molar-refractivity contribution >= 4 is 16.8 Å². The molecule has 1 amide bonds. The molecule has 0 radical (unpaired) electrons. The number of carbonyl (C=O) groups is 1. The Morgan fingerprint density at radius 1 is 1.15 bits per heavy atom. The first-order valence-corrected chi connectivity index (χ1v) is 11.2. The van der Waals surface area contributed by atoms with E-state index < -0.39 is 18.7 Å². The van der Waals surface area contributed by atoms with Gasteiger partial charge < -0.3 is 25.1 Å². The van der Waals surface area contributed by atoms with E-state index in [1.165, 1.54) is 6.07 Å². The zero-order valence-corrected chi connectivity index (χ0v) is 19.3. The molecule has 0 fully saturated rings. The van der Waals surface area contributed by atoms with Crippen LogP contribution in [0.4, 0.5) is 13.2 Å². The van der Waals surface area contributed by atoms with Gasteiger partial charge in [0.15, 0.2) is 18.1 Å². The minimum absolute atomic E-state index is 0.0511. The quantitative estimate of drug-likeness (QED) is 0.371. The zero-order chi connectivity index (χ0) is 24.7. The van der Waals surface area contributed by atoms with Gasteiger partial charge in [-0.2, -0.15) is 13.2 Å². The van der Waals surface area contributed by atoms with Gasteiger partial charge in [0.05, 0.1) is 11.1 Å².